The second-order valence-corrected chi connectivity index (χ2v) is 5.48. The van der Waals surface area contributed by atoms with Crippen LogP contribution in [-0.2, 0) is 4.74 Å². The Balaban J connectivity index is 2.37. The summed E-state index contributed by atoms with van der Waals surface area (Å²) in [4.78, 5) is 13.6. The molecule has 0 aromatic carbocycles. The quantitative estimate of drug-likeness (QED) is 0.769. The molecule has 1 amide bonds. The van der Waals surface area contributed by atoms with Crippen molar-refractivity contribution in [3.63, 3.8) is 0 Å². The zero-order valence-electron chi connectivity index (χ0n) is 11.1. The minimum atomic E-state index is -0.412. The van der Waals surface area contributed by atoms with Crippen LogP contribution in [0.2, 0.25) is 0 Å². The fraction of sp³-hybridized carbons (Fsp3) is 0.769. The summed E-state index contributed by atoms with van der Waals surface area (Å²) in [6, 6.07) is 0. The first-order valence-corrected chi connectivity index (χ1v) is 6.27. The minimum Gasteiger partial charge on any atom is -0.444 e. The molecule has 0 aromatic rings. The monoisotopic (exact) mass is 240 g/mol. The zero-order valence-corrected chi connectivity index (χ0v) is 11.1. The number of hydrogen-bond donors (Lipinski definition) is 1. The highest BCUT2D eigenvalue weighted by Crippen LogP contribution is 2.20. The van der Waals surface area contributed by atoms with Gasteiger partial charge in [0.25, 0.3) is 0 Å². The van der Waals surface area contributed by atoms with Crippen molar-refractivity contribution >= 4 is 6.09 Å². The molecule has 17 heavy (non-hydrogen) atoms. The summed E-state index contributed by atoms with van der Waals surface area (Å²) in [5.74, 6) is 0.453. The van der Waals surface area contributed by atoms with E-state index in [2.05, 4.69) is 12.2 Å². The second kappa shape index (κ2) is 6.05. The number of carbonyl (C=O) groups is 1. The number of likely N-dealkylation sites (tertiary alicyclic amines) is 1. The van der Waals surface area contributed by atoms with E-state index in [1.165, 1.54) is 0 Å². The first-order chi connectivity index (χ1) is 7.92. The average Bonchev–Trinajstić information content (AvgIpc) is 2.64. The fourth-order valence-electron chi connectivity index (χ4n) is 1.82. The van der Waals surface area contributed by atoms with Gasteiger partial charge in [0.2, 0.25) is 0 Å². The Kier molecular flexibility index (Phi) is 5.00. The van der Waals surface area contributed by atoms with Crippen LogP contribution in [0.15, 0.2) is 12.2 Å². The van der Waals surface area contributed by atoms with Gasteiger partial charge in [-0.1, -0.05) is 12.2 Å². The smallest absolute Gasteiger partial charge is 0.410 e. The summed E-state index contributed by atoms with van der Waals surface area (Å²) in [5.41, 5.74) is 5.01. The van der Waals surface area contributed by atoms with Gasteiger partial charge in [0.15, 0.2) is 0 Å². The lowest BCUT2D eigenvalue weighted by Gasteiger charge is -2.24. The summed E-state index contributed by atoms with van der Waals surface area (Å²) < 4.78 is 5.34. The summed E-state index contributed by atoms with van der Waals surface area (Å²) >= 11 is 0. The van der Waals surface area contributed by atoms with Crippen LogP contribution in [0.1, 0.15) is 33.6 Å². The largest absolute Gasteiger partial charge is 0.444 e. The van der Waals surface area contributed by atoms with Crippen LogP contribution < -0.4 is 5.73 Å². The molecule has 1 atom stereocenters. The van der Waals surface area contributed by atoms with E-state index >= 15 is 0 Å². The summed E-state index contributed by atoms with van der Waals surface area (Å²) in [5, 5.41) is 0. The first kappa shape index (κ1) is 14.0. The maximum Gasteiger partial charge on any atom is 0.410 e. The topological polar surface area (TPSA) is 55.6 Å². The molecule has 1 aliphatic rings. The summed E-state index contributed by atoms with van der Waals surface area (Å²) in [6.45, 7) is 7.89. The molecular formula is C13H24N2O2. The lowest BCUT2D eigenvalue weighted by molar-refractivity contribution is 0.0291. The lowest BCUT2D eigenvalue weighted by atomic mass is 10.1. The van der Waals surface area contributed by atoms with Crippen molar-refractivity contribution in [2.75, 3.05) is 19.6 Å². The lowest BCUT2D eigenvalue weighted by Crippen LogP contribution is -2.35. The van der Waals surface area contributed by atoms with Gasteiger partial charge in [-0.05, 0) is 46.1 Å². The molecule has 4 heteroatoms. The zero-order chi connectivity index (χ0) is 12.9. The predicted octanol–water partition coefficient (Wildman–Crippen LogP) is 2.15. The first-order valence-electron chi connectivity index (χ1n) is 6.27. The number of amides is 1. The molecule has 1 rings (SSSR count). The number of carbonyl (C=O) groups excluding carboxylic acids is 1. The molecule has 0 aliphatic carbocycles. The molecule has 0 saturated carbocycles. The van der Waals surface area contributed by atoms with Crippen LogP contribution in [0.25, 0.3) is 0 Å². The van der Waals surface area contributed by atoms with Gasteiger partial charge in [-0.15, -0.1) is 0 Å². The van der Waals surface area contributed by atoms with E-state index in [9.17, 15) is 4.79 Å². The number of ether oxygens (including phenoxy) is 1. The van der Waals surface area contributed by atoms with Gasteiger partial charge in [0.1, 0.15) is 5.60 Å². The van der Waals surface area contributed by atoms with E-state index < -0.39 is 5.60 Å². The van der Waals surface area contributed by atoms with Crippen molar-refractivity contribution in [1.29, 1.82) is 0 Å². The van der Waals surface area contributed by atoms with E-state index in [0.29, 0.717) is 12.5 Å². The number of rotatable bonds is 3. The average molecular weight is 240 g/mol. The summed E-state index contributed by atoms with van der Waals surface area (Å²) in [7, 11) is 0. The standard InChI is InChI=1S/C13H24N2O2/c1-13(2,3)17-12(16)15-9-7-11(10-15)6-4-5-8-14/h4,6,11H,5,7-10,14H2,1-3H3/b6-4+. The highest BCUT2D eigenvalue weighted by atomic mass is 16.6. The van der Waals surface area contributed by atoms with Gasteiger partial charge in [0.05, 0.1) is 0 Å². The minimum absolute atomic E-state index is 0.202. The normalized spacial score (nSPS) is 21.2. The van der Waals surface area contributed by atoms with E-state index in [1.807, 2.05) is 20.8 Å². The molecule has 0 spiro atoms. The highest BCUT2D eigenvalue weighted by molar-refractivity contribution is 5.68. The molecule has 1 heterocycles. The SMILES string of the molecule is CC(C)(C)OC(=O)N1CCC(/C=C/CCN)C1. The molecule has 0 aromatic heterocycles. The van der Waals surface area contributed by atoms with Crippen molar-refractivity contribution in [2.45, 2.75) is 39.2 Å². The van der Waals surface area contributed by atoms with Crippen molar-refractivity contribution < 1.29 is 9.53 Å². The molecule has 1 aliphatic heterocycles. The van der Waals surface area contributed by atoms with Gasteiger partial charge in [-0.3, -0.25) is 0 Å². The molecule has 0 bridgehead atoms. The predicted molar refractivity (Wildman–Crippen MR) is 68.7 cm³/mol. The maximum absolute atomic E-state index is 11.8. The van der Waals surface area contributed by atoms with Crippen LogP contribution in [0.5, 0.6) is 0 Å². The molecule has 2 N–H and O–H groups in total. The van der Waals surface area contributed by atoms with Crippen molar-refractivity contribution in [2.24, 2.45) is 11.7 Å². The van der Waals surface area contributed by atoms with Gasteiger partial charge >= 0.3 is 6.09 Å². The van der Waals surface area contributed by atoms with E-state index in [4.69, 9.17) is 10.5 Å². The van der Waals surface area contributed by atoms with E-state index in [-0.39, 0.29) is 6.09 Å². The van der Waals surface area contributed by atoms with Crippen molar-refractivity contribution in [3.8, 4) is 0 Å². The Labute approximate surface area is 104 Å². The van der Waals surface area contributed by atoms with E-state index in [1.54, 1.807) is 4.90 Å². The molecule has 1 saturated heterocycles. The Bertz CT molecular complexity index is 282. The van der Waals surface area contributed by atoms with Gasteiger partial charge in [-0.25, -0.2) is 4.79 Å². The van der Waals surface area contributed by atoms with Crippen LogP contribution in [-0.4, -0.2) is 36.2 Å². The second-order valence-electron chi connectivity index (χ2n) is 5.48. The highest BCUT2D eigenvalue weighted by Gasteiger charge is 2.28. The Morgan fingerprint density at radius 3 is 2.82 bits per heavy atom. The Hall–Kier alpha value is -1.03. The van der Waals surface area contributed by atoms with Gasteiger partial charge in [0, 0.05) is 13.1 Å². The maximum atomic E-state index is 11.8. The van der Waals surface area contributed by atoms with Crippen LogP contribution in [0.4, 0.5) is 4.79 Å². The number of nitrogens with zero attached hydrogens (tertiary/aromatic N) is 1. The van der Waals surface area contributed by atoms with Crippen molar-refractivity contribution in [1.82, 2.24) is 4.90 Å². The molecule has 1 fully saturated rings. The molecular weight excluding hydrogens is 216 g/mol. The third-order valence-electron chi connectivity index (χ3n) is 2.62. The van der Waals surface area contributed by atoms with E-state index in [0.717, 1.165) is 25.9 Å². The number of hydrogen-bond acceptors (Lipinski definition) is 3. The molecule has 0 radical (unpaired) electrons. The van der Waals surface area contributed by atoms with Gasteiger partial charge in [-0.2, -0.15) is 0 Å². The van der Waals surface area contributed by atoms with Crippen LogP contribution >= 0.6 is 0 Å². The molecule has 1 unspecified atom stereocenters. The van der Waals surface area contributed by atoms with Crippen LogP contribution in [0.3, 0.4) is 0 Å². The Morgan fingerprint density at radius 2 is 2.24 bits per heavy atom. The summed E-state index contributed by atoms with van der Waals surface area (Å²) in [6.07, 6.45) is 5.98. The number of nitrogens with two attached hydrogens (primary N) is 1. The third kappa shape index (κ3) is 5.22. The molecule has 4 nitrogen and oxygen atoms in total. The van der Waals surface area contributed by atoms with Gasteiger partial charge < -0.3 is 15.4 Å². The Morgan fingerprint density at radius 1 is 1.53 bits per heavy atom. The molecule has 98 valence electrons. The third-order valence-corrected chi connectivity index (χ3v) is 2.62. The van der Waals surface area contributed by atoms with Crippen LogP contribution in [0, 0.1) is 5.92 Å². The fourth-order valence-corrected chi connectivity index (χ4v) is 1.82. The van der Waals surface area contributed by atoms with Crippen molar-refractivity contribution in [3.05, 3.63) is 12.2 Å².